The van der Waals surface area contributed by atoms with Gasteiger partial charge in [-0.05, 0) is 50.3 Å². The Kier molecular flexibility index (Phi) is 6.39. The van der Waals surface area contributed by atoms with E-state index in [0.717, 1.165) is 48.8 Å². The second-order valence-corrected chi connectivity index (χ2v) is 9.03. The molecule has 2 saturated heterocycles. The van der Waals surface area contributed by atoms with Gasteiger partial charge in [0.25, 0.3) is 10.2 Å². The van der Waals surface area contributed by atoms with Gasteiger partial charge in [-0.3, -0.25) is 4.79 Å². The lowest BCUT2D eigenvalue weighted by molar-refractivity contribution is -0.137. The summed E-state index contributed by atoms with van der Waals surface area (Å²) in [5.41, 5.74) is -0.105. The van der Waals surface area contributed by atoms with Gasteiger partial charge in [0.05, 0.1) is 16.9 Å². The average molecular weight is 434 g/mol. The van der Waals surface area contributed by atoms with Crippen molar-refractivity contribution in [1.29, 1.82) is 0 Å². The Morgan fingerprint density at radius 2 is 1.69 bits per heavy atom. The number of carbonyl (C=O) groups excluding carboxylic acids is 1. The molecule has 0 bridgehead atoms. The molecule has 162 valence electrons. The number of hydrogen-bond donors (Lipinski definition) is 2. The first-order valence-corrected chi connectivity index (χ1v) is 11.1. The van der Waals surface area contributed by atoms with Crippen molar-refractivity contribution in [3.05, 3.63) is 23.8 Å². The van der Waals surface area contributed by atoms with Gasteiger partial charge in [-0.25, -0.2) is 5.14 Å². The van der Waals surface area contributed by atoms with E-state index in [1.54, 1.807) is 0 Å². The summed E-state index contributed by atoms with van der Waals surface area (Å²) in [6, 6.07) is 3.42. The first-order chi connectivity index (χ1) is 13.6. The number of nitrogens with one attached hydrogen (secondary N) is 1. The van der Waals surface area contributed by atoms with Crippen LogP contribution in [0, 0.1) is 5.92 Å². The van der Waals surface area contributed by atoms with E-state index in [2.05, 4.69) is 5.32 Å². The molecule has 1 amide bonds. The molecular weight excluding hydrogens is 409 g/mol. The summed E-state index contributed by atoms with van der Waals surface area (Å²) in [5, 5.41) is 7.76. The molecule has 0 saturated carbocycles. The Balaban J connectivity index is 1.78. The lowest BCUT2D eigenvalue weighted by Crippen LogP contribution is -2.44. The summed E-state index contributed by atoms with van der Waals surface area (Å²) >= 11 is 0. The zero-order chi connectivity index (χ0) is 21.2. The van der Waals surface area contributed by atoms with Crippen molar-refractivity contribution in [3.8, 4) is 0 Å². The smallest absolute Gasteiger partial charge is 0.370 e. The molecule has 7 nitrogen and oxygen atoms in total. The van der Waals surface area contributed by atoms with Crippen LogP contribution in [0.2, 0.25) is 0 Å². The molecule has 2 aliphatic rings. The molecule has 0 unspecified atom stereocenters. The van der Waals surface area contributed by atoms with Gasteiger partial charge < -0.3 is 10.2 Å². The van der Waals surface area contributed by atoms with E-state index < -0.39 is 33.8 Å². The molecule has 0 atom stereocenters. The van der Waals surface area contributed by atoms with Crippen LogP contribution in [0.15, 0.2) is 18.2 Å². The third-order valence-corrected chi connectivity index (χ3v) is 6.55. The van der Waals surface area contributed by atoms with Crippen molar-refractivity contribution in [2.45, 2.75) is 38.3 Å². The van der Waals surface area contributed by atoms with Gasteiger partial charge in [0.15, 0.2) is 0 Å². The van der Waals surface area contributed by atoms with Gasteiger partial charge in [0, 0.05) is 32.1 Å². The number of nitrogens with zero attached hydrogens (tertiary/aromatic N) is 2. The first kappa shape index (κ1) is 21.8. The van der Waals surface area contributed by atoms with E-state index >= 15 is 0 Å². The first-order valence-electron chi connectivity index (χ1n) is 9.60. The van der Waals surface area contributed by atoms with Crippen LogP contribution in [0.5, 0.6) is 0 Å². The predicted molar refractivity (Wildman–Crippen MR) is 104 cm³/mol. The zero-order valence-corrected chi connectivity index (χ0v) is 16.7. The fraction of sp³-hybridized carbons (Fsp3) is 0.611. The lowest BCUT2D eigenvalue weighted by Gasteiger charge is -2.32. The maximum atomic E-state index is 13.2. The molecular formula is C18H25F3N4O3S. The minimum absolute atomic E-state index is 0.110. The molecule has 3 rings (SSSR count). The number of anilines is 2. The summed E-state index contributed by atoms with van der Waals surface area (Å²) in [6.07, 6.45) is -1.02. The molecule has 3 N–H and O–H groups in total. The second-order valence-electron chi connectivity index (χ2n) is 7.48. The molecule has 0 aliphatic carbocycles. The van der Waals surface area contributed by atoms with E-state index in [1.165, 1.54) is 6.07 Å². The van der Waals surface area contributed by atoms with Crippen LogP contribution in [0.4, 0.5) is 24.5 Å². The second kappa shape index (κ2) is 8.49. The van der Waals surface area contributed by atoms with Crippen LogP contribution in [-0.4, -0.2) is 44.8 Å². The monoisotopic (exact) mass is 434 g/mol. The van der Waals surface area contributed by atoms with E-state index in [9.17, 15) is 26.4 Å². The molecule has 1 aromatic rings. The van der Waals surface area contributed by atoms with Crippen molar-refractivity contribution in [2.24, 2.45) is 11.1 Å². The number of halogens is 3. The Bertz CT molecular complexity index is 846. The Hall–Kier alpha value is -1.85. The maximum absolute atomic E-state index is 13.2. The quantitative estimate of drug-likeness (QED) is 0.761. The molecule has 11 heteroatoms. The molecule has 0 radical (unpaired) electrons. The highest BCUT2D eigenvalue weighted by molar-refractivity contribution is 7.86. The van der Waals surface area contributed by atoms with Crippen LogP contribution in [0.3, 0.4) is 0 Å². The predicted octanol–water partition coefficient (Wildman–Crippen LogP) is 2.55. The normalized spacial score (nSPS) is 19.9. The number of nitrogens with two attached hydrogens (primary N) is 1. The third kappa shape index (κ3) is 5.40. The minimum Gasteiger partial charge on any atom is -0.370 e. The molecule has 2 aliphatic heterocycles. The Morgan fingerprint density at radius 3 is 2.24 bits per heavy atom. The van der Waals surface area contributed by atoms with Crippen LogP contribution >= 0.6 is 0 Å². The molecule has 2 heterocycles. The summed E-state index contributed by atoms with van der Waals surface area (Å²) in [7, 11) is -3.81. The highest BCUT2D eigenvalue weighted by Gasteiger charge is 2.33. The number of hydrogen-bond acceptors (Lipinski definition) is 4. The molecule has 0 aromatic heterocycles. The number of alkyl halides is 3. The number of rotatable bonds is 4. The fourth-order valence-electron chi connectivity index (χ4n) is 3.83. The van der Waals surface area contributed by atoms with Gasteiger partial charge in [-0.15, -0.1) is 0 Å². The molecule has 2 fully saturated rings. The van der Waals surface area contributed by atoms with Crippen LogP contribution in [0.25, 0.3) is 0 Å². The maximum Gasteiger partial charge on any atom is 0.416 e. The highest BCUT2D eigenvalue weighted by Crippen LogP contribution is 2.37. The van der Waals surface area contributed by atoms with Crippen molar-refractivity contribution in [2.75, 3.05) is 36.4 Å². The van der Waals surface area contributed by atoms with Gasteiger partial charge in [-0.1, -0.05) is 0 Å². The van der Waals surface area contributed by atoms with Gasteiger partial charge in [0.1, 0.15) is 0 Å². The number of piperidine rings is 2. The molecule has 29 heavy (non-hydrogen) atoms. The van der Waals surface area contributed by atoms with Gasteiger partial charge in [0.2, 0.25) is 5.91 Å². The Labute approximate surface area is 168 Å². The number of benzene rings is 1. The summed E-state index contributed by atoms with van der Waals surface area (Å²) in [5.74, 6) is -0.895. The zero-order valence-electron chi connectivity index (χ0n) is 15.9. The molecule has 0 spiro atoms. The topological polar surface area (TPSA) is 95.7 Å². The van der Waals surface area contributed by atoms with Crippen LogP contribution in [0.1, 0.15) is 37.7 Å². The van der Waals surface area contributed by atoms with E-state index in [4.69, 9.17) is 5.14 Å². The van der Waals surface area contributed by atoms with E-state index in [0.29, 0.717) is 5.69 Å². The standard InChI is InChI=1S/C18H25F3N4O3S/c19-18(20,21)14-4-5-16(24-8-2-1-3-9-24)15(12-14)23-17(26)13-6-10-25(11-7-13)29(22,27)28/h4-5,12-13H,1-3,6-11H2,(H,23,26)(H2,22,27,28). The Morgan fingerprint density at radius 1 is 1.07 bits per heavy atom. The van der Waals surface area contributed by atoms with Gasteiger partial charge in [-0.2, -0.15) is 25.9 Å². The van der Waals surface area contributed by atoms with E-state index in [1.807, 2.05) is 4.90 Å². The van der Waals surface area contributed by atoms with Crippen molar-refractivity contribution in [3.63, 3.8) is 0 Å². The largest absolute Gasteiger partial charge is 0.416 e. The number of amides is 1. The highest BCUT2D eigenvalue weighted by atomic mass is 32.2. The molecule has 1 aromatic carbocycles. The minimum atomic E-state index is -4.51. The third-order valence-electron chi connectivity index (χ3n) is 5.46. The van der Waals surface area contributed by atoms with Crippen LogP contribution < -0.4 is 15.4 Å². The number of carbonyl (C=O) groups is 1. The van der Waals surface area contributed by atoms with Crippen molar-refractivity contribution >= 4 is 27.5 Å². The van der Waals surface area contributed by atoms with Crippen molar-refractivity contribution < 1.29 is 26.4 Å². The van der Waals surface area contributed by atoms with Gasteiger partial charge >= 0.3 is 6.18 Å². The van der Waals surface area contributed by atoms with Crippen LogP contribution in [-0.2, 0) is 21.2 Å². The van der Waals surface area contributed by atoms with Crippen molar-refractivity contribution in [1.82, 2.24) is 4.31 Å². The summed E-state index contributed by atoms with van der Waals surface area (Å²) in [6.45, 7) is 1.67. The fourth-order valence-corrected chi connectivity index (χ4v) is 4.55. The summed E-state index contributed by atoms with van der Waals surface area (Å²) in [4.78, 5) is 14.7. The summed E-state index contributed by atoms with van der Waals surface area (Å²) < 4.78 is 63.5. The average Bonchev–Trinajstić information content (AvgIpc) is 2.67. The van der Waals surface area contributed by atoms with E-state index in [-0.39, 0.29) is 31.6 Å². The lowest BCUT2D eigenvalue weighted by atomic mass is 9.97. The SMILES string of the molecule is NS(=O)(=O)N1CCC(C(=O)Nc2cc(C(F)(F)F)ccc2N2CCCCC2)CC1.